The molecule has 3 aromatic rings. The van der Waals surface area contributed by atoms with Gasteiger partial charge in [0.2, 0.25) is 0 Å². The smallest absolute Gasteiger partial charge is 0.337 e. The van der Waals surface area contributed by atoms with E-state index in [9.17, 15) is 9.59 Å². The van der Waals surface area contributed by atoms with Gasteiger partial charge in [0, 0.05) is 11.3 Å². The van der Waals surface area contributed by atoms with Crippen LogP contribution in [0.3, 0.4) is 0 Å². The van der Waals surface area contributed by atoms with E-state index in [1.54, 1.807) is 19.1 Å². The van der Waals surface area contributed by atoms with Gasteiger partial charge in [0.05, 0.1) is 19.8 Å². The molecule has 0 radical (unpaired) electrons. The molecule has 0 unspecified atom stereocenters. The first-order valence-corrected chi connectivity index (χ1v) is 9.41. The summed E-state index contributed by atoms with van der Waals surface area (Å²) in [6.45, 7) is 1.65. The number of rotatable bonds is 7. The normalized spacial score (nSPS) is 11.3. The number of para-hydroxylation sites is 1. The predicted molar refractivity (Wildman–Crippen MR) is 115 cm³/mol. The molecule has 0 heterocycles. The van der Waals surface area contributed by atoms with Crippen molar-refractivity contribution in [3.63, 3.8) is 0 Å². The average Bonchev–Trinajstić information content (AvgIpc) is 2.79. The van der Waals surface area contributed by atoms with E-state index in [2.05, 4.69) is 5.32 Å². The molecule has 3 aromatic carbocycles. The average molecular weight is 405 g/mol. The van der Waals surface area contributed by atoms with Crippen molar-refractivity contribution in [3.05, 3.63) is 78.4 Å². The number of ether oxygens (including phenoxy) is 3. The Morgan fingerprint density at radius 2 is 1.57 bits per heavy atom. The van der Waals surface area contributed by atoms with Crippen LogP contribution in [0, 0.1) is 0 Å². The molecule has 1 N–H and O–H groups in total. The number of carbonyl (C=O) groups excluding carboxylic acids is 2. The maximum atomic E-state index is 12.8. The second-order valence-electron chi connectivity index (χ2n) is 6.52. The van der Waals surface area contributed by atoms with Gasteiger partial charge in [0.25, 0.3) is 5.91 Å². The van der Waals surface area contributed by atoms with Gasteiger partial charge < -0.3 is 19.5 Å². The van der Waals surface area contributed by atoms with E-state index in [0.29, 0.717) is 22.7 Å². The second kappa shape index (κ2) is 9.60. The van der Waals surface area contributed by atoms with Crippen molar-refractivity contribution >= 4 is 17.6 Å². The number of anilines is 1. The quantitative estimate of drug-likeness (QED) is 0.584. The molecule has 1 atom stereocenters. The summed E-state index contributed by atoms with van der Waals surface area (Å²) in [6, 6.07) is 22.0. The Morgan fingerprint density at radius 1 is 0.867 bits per heavy atom. The van der Waals surface area contributed by atoms with Gasteiger partial charge in [-0.15, -0.1) is 0 Å². The van der Waals surface area contributed by atoms with Crippen LogP contribution >= 0.6 is 0 Å². The first-order valence-electron chi connectivity index (χ1n) is 9.41. The minimum atomic E-state index is -0.799. The molecule has 0 saturated heterocycles. The molecular weight excluding hydrogens is 382 g/mol. The summed E-state index contributed by atoms with van der Waals surface area (Å²) in [4.78, 5) is 24.5. The monoisotopic (exact) mass is 405 g/mol. The fourth-order valence-electron chi connectivity index (χ4n) is 2.95. The number of nitrogens with one attached hydrogen (secondary N) is 1. The lowest BCUT2D eigenvalue weighted by Gasteiger charge is -2.18. The van der Waals surface area contributed by atoms with Gasteiger partial charge in [-0.1, -0.05) is 48.5 Å². The number of methoxy groups -OCH3 is 2. The number of hydrogen-bond acceptors (Lipinski definition) is 5. The fourth-order valence-corrected chi connectivity index (χ4v) is 2.95. The van der Waals surface area contributed by atoms with E-state index in [1.165, 1.54) is 20.3 Å². The number of benzene rings is 3. The summed E-state index contributed by atoms with van der Waals surface area (Å²) in [5, 5.41) is 2.93. The Labute approximate surface area is 175 Å². The van der Waals surface area contributed by atoms with Crippen LogP contribution in [0.1, 0.15) is 17.3 Å². The molecule has 6 heteroatoms. The van der Waals surface area contributed by atoms with Crippen molar-refractivity contribution in [1.82, 2.24) is 0 Å². The number of hydrogen-bond donors (Lipinski definition) is 1. The van der Waals surface area contributed by atoms with E-state index >= 15 is 0 Å². The van der Waals surface area contributed by atoms with Crippen molar-refractivity contribution < 1.29 is 23.8 Å². The third kappa shape index (κ3) is 4.78. The maximum Gasteiger partial charge on any atom is 0.337 e. The van der Waals surface area contributed by atoms with E-state index in [-0.39, 0.29) is 5.91 Å². The molecule has 3 rings (SSSR count). The lowest BCUT2D eigenvalue weighted by Crippen LogP contribution is -2.30. The van der Waals surface area contributed by atoms with E-state index in [1.807, 2.05) is 54.6 Å². The van der Waals surface area contributed by atoms with Crippen molar-refractivity contribution in [2.24, 2.45) is 0 Å². The number of carbonyl (C=O) groups is 2. The molecule has 0 bridgehead atoms. The van der Waals surface area contributed by atoms with Gasteiger partial charge in [-0.3, -0.25) is 4.79 Å². The van der Waals surface area contributed by atoms with Gasteiger partial charge in [0.15, 0.2) is 17.6 Å². The van der Waals surface area contributed by atoms with Gasteiger partial charge >= 0.3 is 5.97 Å². The Balaban J connectivity index is 1.76. The summed E-state index contributed by atoms with van der Waals surface area (Å²) >= 11 is 0. The van der Waals surface area contributed by atoms with E-state index in [0.717, 1.165) is 11.1 Å². The summed E-state index contributed by atoms with van der Waals surface area (Å²) in [5.74, 6) is -0.105. The van der Waals surface area contributed by atoms with Gasteiger partial charge in [-0.25, -0.2) is 4.79 Å². The third-order valence-electron chi connectivity index (χ3n) is 4.53. The van der Waals surface area contributed by atoms with Gasteiger partial charge in [-0.2, -0.15) is 0 Å². The van der Waals surface area contributed by atoms with Crippen LogP contribution in [0.4, 0.5) is 5.69 Å². The molecule has 0 saturated carbocycles. The zero-order valence-electron chi connectivity index (χ0n) is 17.0. The highest BCUT2D eigenvalue weighted by atomic mass is 16.5. The molecule has 0 aliphatic carbocycles. The predicted octanol–water partition coefficient (Wildman–Crippen LogP) is 4.55. The Kier molecular flexibility index (Phi) is 6.70. The van der Waals surface area contributed by atoms with Gasteiger partial charge in [-0.05, 0) is 36.8 Å². The summed E-state index contributed by atoms with van der Waals surface area (Å²) in [5.41, 5.74) is 2.94. The second-order valence-corrected chi connectivity index (χ2v) is 6.52. The Bertz CT molecular complexity index is 1030. The van der Waals surface area contributed by atoms with Crippen LogP contribution in [-0.4, -0.2) is 32.2 Å². The molecular formula is C24H23NO5. The topological polar surface area (TPSA) is 73.9 Å². The minimum Gasteiger partial charge on any atom is -0.493 e. The minimum absolute atomic E-state index is 0.308. The molecule has 0 aliphatic heterocycles. The highest BCUT2D eigenvalue weighted by Gasteiger charge is 2.19. The highest BCUT2D eigenvalue weighted by Crippen LogP contribution is 2.30. The molecule has 0 aromatic heterocycles. The first-order chi connectivity index (χ1) is 14.5. The lowest BCUT2D eigenvalue weighted by molar-refractivity contribution is -0.122. The number of amides is 1. The highest BCUT2D eigenvalue weighted by molar-refractivity contribution is 5.98. The standard InChI is InChI=1S/C24H23NO5/c1-16(30-21-14-13-18(24(27)29-3)15-22(21)28-2)23(26)25-20-12-8-7-11-19(20)17-9-5-4-6-10-17/h4-16H,1-3H3,(H,25,26)/t16-/m0/s1. The molecule has 30 heavy (non-hydrogen) atoms. The SMILES string of the molecule is COC(=O)c1ccc(O[C@@H](C)C(=O)Nc2ccccc2-c2ccccc2)c(OC)c1. The van der Waals surface area contributed by atoms with Crippen LogP contribution in [0.15, 0.2) is 72.8 Å². The zero-order chi connectivity index (χ0) is 21.5. The Morgan fingerprint density at radius 3 is 2.27 bits per heavy atom. The molecule has 6 nitrogen and oxygen atoms in total. The zero-order valence-corrected chi connectivity index (χ0v) is 17.0. The molecule has 1 amide bonds. The molecule has 0 spiro atoms. The van der Waals surface area contributed by atoms with Crippen LogP contribution in [0.25, 0.3) is 11.1 Å². The first kappa shape index (κ1) is 20.9. The lowest BCUT2D eigenvalue weighted by atomic mass is 10.0. The fraction of sp³-hybridized carbons (Fsp3) is 0.167. The summed E-state index contributed by atoms with van der Waals surface area (Å²) in [7, 11) is 2.77. The molecule has 0 aliphatic rings. The summed E-state index contributed by atoms with van der Waals surface area (Å²) in [6.07, 6.45) is -0.799. The summed E-state index contributed by atoms with van der Waals surface area (Å²) < 4.78 is 15.8. The number of esters is 1. The van der Waals surface area contributed by atoms with Crippen molar-refractivity contribution in [3.8, 4) is 22.6 Å². The van der Waals surface area contributed by atoms with Crippen LogP contribution in [-0.2, 0) is 9.53 Å². The maximum absolute atomic E-state index is 12.8. The van der Waals surface area contributed by atoms with Gasteiger partial charge in [0.1, 0.15) is 0 Å². The van der Waals surface area contributed by atoms with Crippen molar-refractivity contribution in [1.29, 1.82) is 0 Å². The van der Waals surface area contributed by atoms with E-state index < -0.39 is 12.1 Å². The third-order valence-corrected chi connectivity index (χ3v) is 4.53. The van der Waals surface area contributed by atoms with Crippen LogP contribution < -0.4 is 14.8 Å². The van der Waals surface area contributed by atoms with Crippen molar-refractivity contribution in [2.45, 2.75) is 13.0 Å². The largest absolute Gasteiger partial charge is 0.493 e. The van der Waals surface area contributed by atoms with E-state index in [4.69, 9.17) is 14.2 Å². The van der Waals surface area contributed by atoms with Crippen LogP contribution in [0.2, 0.25) is 0 Å². The van der Waals surface area contributed by atoms with Crippen LogP contribution in [0.5, 0.6) is 11.5 Å². The van der Waals surface area contributed by atoms with Crippen molar-refractivity contribution in [2.75, 3.05) is 19.5 Å². The Hall–Kier alpha value is -3.80. The molecule has 0 fully saturated rings. The molecule has 154 valence electrons.